The first-order chi connectivity index (χ1) is 8.78. The van der Waals surface area contributed by atoms with Crippen molar-refractivity contribution in [2.45, 2.75) is 43.5 Å². The van der Waals surface area contributed by atoms with Gasteiger partial charge in [-0.15, -0.1) is 23.1 Å². The molecule has 1 aromatic rings. The van der Waals surface area contributed by atoms with Crippen LogP contribution in [0, 0.1) is 0 Å². The highest BCUT2D eigenvalue weighted by Crippen LogP contribution is 2.22. The summed E-state index contributed by atoms with van der Waals surface area (Å²) >= 11 is 3.05. The van der Waals surface area contributed by atoms with Crippen molar-refractivity contribution in [2.24, 2.45) is 0 Å². The Balaban J connectivity index is 2.33. The molecule has 0 bridgehead atoms. The Morgan fingerprint density at radius 1 is 1.47 bits per heavy atom. The number of rotatable bonds is 5. The molecule has 1 amide bonds. The van der Waals surface area contributed by atoms with Gasteiger partial charge in [-0.25, -0.2) is 4.79 Å². The number of carbonyl (C=O) groups is 2. The number of nitrogens with one attached hydrogen (secondary N) is 1. The summed E-state index contributed by atoms with van der Waals surface area (Å²) in [5.74, 6) is -0.285. The highest BCUT2D eigenvalue weighted by molar-refractivity contribution is 8.01. The van der Waals surface area contributed by atoms with Gasteiger partial charge in [0.25, 0.3) is 0 Å². The molecule has 19 heavy (non-hydrogen) atoms. The third kappa shape index (κ3) is 6.63. The average Bonchev–Trinajstić information content (AvgIpc) is 2.76. The number of amides is 1. The van der Waals surface area contributed by atoms with Gasteiger partial charge in [-0.05, 0) is 39.1 Å². The Bertz CT molecular complexity index is 424. The predicted molar refractivity (Wildman–Crippen MR) is 78.5 cm³/mol. The molecule has 0 radical (unpaired) electrons. The predicted octanol–water partition coefficient (Wildman–Crippen LogP) is 2.69. The van der Waals surface area contributed by atoms with Crippen molar-refractivity contribution in [3.63, 3.8) is 0 Å². The summed E-state index contributed by atoms with van der Waals surface area (Å²) in [6.07, 6.45) is 0. The molecule has 0 saturated heterocycles. The van der Waals surface area contributed by atoms with Crippen molar-refractivity contribution in [3.8, 4) is 0 Å². The maximum atomic E-state index is 11.7. The number of hydrogen-bond acceptors (Lipinski definition) is 5. The molecule has 4 nitrogen and oxygen atoms in total. The summed E-state index contributed by atoms with van der Waals surface area (Å²) in [4.78, 5) is 23.4. The molecule has 0 aliphatic heterocycles. The molecule has 0 fully saturated rings. The lowest BCUT2D eigenvalue weighted by Gasteiger charge is -2.22. The molecule has 6 heteroatoms. The van der Waals surface area contributed by atoms with Crippen LogP contribution in [0.4, 0.5) is 0 Å². The second-order valence-electron chi connectivity index (χ2n) is 5.04. The van der Waals surface area contributed by atoms with Crippen LogP contribution in [0.2, 0.25) is 0 Å². The van der Waals surface area contributed by atoms with Crippen LogP contribution in [-0.2, 0) is 14.3 Å². The molecule has 0 saturated carbocycles. The van der Waals surface area contributed by atoms with Gasteiger partial charge in [-0.2, -0.15) is 0 Å². The minimum Gasteiger partial charge on any atom is -0.458 e. The maximum absolute atomic E-state index is 11.7. The maximum Gasteiger partial charge on any atom is 0.328 e. The summed E-state index contributed by atoms with van der Waals surface area (Å²) < 4.78 is 6.28. The van der Waals surface area contributed by atoms with Crippen molar-refractivity contribution in [1.82, 2.24) is 5.32 Å². The van der Waals surface area contributed by atoms with E-state index in [0.29, 0.717) is 5.75 Å². The molecule has 1 rings (SSSR count). The molecule has 1 N–H and O–H groups in total. The Kier molecular flexibility index (Phi) is 5.87. The minimum absolute atomic E-state index is 0.170. The molecule has 0 aromatic carbocycles. The Morgan fingerprint density at radius 3 is 2.68 bits per heavy atom. The lowest BCUT2D eigenvalue weighted by atomic mass is 10.2. The van der Waals surface area contributed by atoms with Crippen molar-refractivity contribution < 1.29 is 14.3 Å². The van der Waals surface area contributed by atoms with Crippen LogP contribution in [-0.4, -0.2) is 29.3 Å². The van der Waals surface area contributed by atoms with Crippen molar-refractivity contribution in [2.75, 3.05) is 5.75 Å². The molecule has 0 aliphatic rings. The van der Waals surface area contributed by atoms with E-state index >= 15 is 0 Å². The highest BCUT2D eigenvalue weighted by atomic mass is 32.2. The van der Waals surface area contributed by atoms with Gasteiger partial charge < -0.3 is 10.1 Å². The fourth-order valence-corrected chi connectivity index (χ4v) is 2.81. The van der Waals surface area contributed by atoms with Crippen molar-refractivity contribution in [1.29, 1.82) is 0 Å². The lowest BCUT2D eigenvalue weighted by molar-refractivity contribution is -0.157. The van der Waals surface area contributed by atoms with Crippen LogP contribution in [0.15, 0.2) is 21.7 Å². The number of thioether (sulfide) groups is 1. The molecular weight excluding hydrogens is 282 g/mol. The van der Waals surface area contributed by atoms with E-state index in [2.05, 4.69) is 5.32 Å². The van der Waals surface area contributed by atoms with Gasteiger partial charge in [0.05, 0.1) is 9.96 Å². The normalized spacial score (nSPS) is 12.8. The highest BCUT2D eigenvalue weighted by Gasteiger charge is 2.22. The van der Waals surface area contributed by atoms with Crippen LogP contribution < -0.4 is 5.32 Å². The van der Waals surface area contributed by atoms with Gasteiger partial charge in [-0.3, -0.25) is 4.79 Å². The summed E-state index contributed by atoms with van der Waals surface area (Å²) in [7, 11) is 0. The first kappa shape index (κ1) is 16.0. The molecule has 0 unspecified atom stereocenters. The third-order valence-electron chi connectivity index (χ3n) is 1.98. The third-order valence-corrected chi connectivity index (χ3v) is 4.11. The molecular formula is C13H19NO3S2. The van der Waals surface area contributed by atoms with Gasteiger partial charge in [0, 0.05) is 0 Å². The smallest absolute Gasteiger partial charge is 0.328 e. The van der Waals surface area contributed by atoms with Crippen LogP contribution in [0.25, 0.3) is 0 Å². The van der Waals surface area contributed by atoms with Gasteiger partial charge in [0.2, 0.25) is 5.91 Å². The topological polar surface area (TPSA) is 55.4 Å². The first-order valence-corrected chi connectivity index (χ1v) is 7.83. The van der Waals surface area contributed by atoms with Gasteiger partial charge in [-0.1, -0.05) is 6.07 Å². The standard InChI is InChI=1S/C13H19NO3S2/c1-9(12(16)17-13(2,3)4)14-10(15)8-19-11-6-5-7-18-11/h5-7,9H,8H2,1-4H3,(H,14,15)/t9-/m1/s1. The van der Waals surface area contributed by atoms with Crippen molar-refractivity contribution in [3.05, 3.63) is 17.5 Å². The van der Waals surface area contributed by atoms with E-state index in [0.717, 1.165) is 4.21 Å². The second kappa shape index (κ2) is 6.96. The summed E-state index contributed by atoms with van der Waals surface area (Å²) in [5.41, 5.74) is -0.540. The monoisotopic (exact) mass is 301 g/mol. The van der Waals surface area contributed by atoms with Crippen LogP contribution >= 0.6 is 23.1 Å². The Labute approximate surface area is 121 Å². The van der Waals surface area contributed by atoms with E-state index < -0.39 is 17.6 Å². The number of ether oxygens (including phenoxy) is 1. The largest absolute Gasteiger partial charge is 0.458 e. The molecule has 1 atom stereocenters. The minimum atomic E-state index is -0.629. The SMILES string of the molecule is C[C@@H](NC(=O)CSc1cccs1)C(=O)OC(C)(C)C. The zero-order valence-electron chi connectivity index (χ0n) is 11.6. The number of hydrogen-bond donors (Lipinski definition) is 1. The van der Waals surface area contributed by atoms with Gasteiger partial charge >= 0.3 is 5.97 Å². The quantitative estimate of drug-likeness (QED) is 0.671. The Morgan fingerprint density at radius 2 is 2.16 bits per heavy atom. The van der Waals surface area contributed by atoms with Crippen LogP contribution in [0.3, 0.4) is 0 Å². The number of esters is 1. The number of carbonyl (C=O) groups excluding carboxylic acids is 2. The van der Waals surface area contributed by atoms with Crippen molar-refractivity contribution >= 4 is 35.0 Å². The van der Waals surface area contributed by atoms with E-state index in [1.54, 1.807) is 39.0 Å². The van der Waals surface area contributed by atoms with Gasteiger partial charge in [0.15, 0.2) is 0 Å². The zero-order chi connectivity index (χ0) is 14.5. The Hall–Kier alpha value is -1.01. The molecule has 1 aromatic heterocycles. The fourth-order valence-electron chi connectivity index (χ4n) is 1.21. The molecule has 1 heterocycles. The van der Waals surface area contributed by atoms with E-state index in [9.17, 15) is 9.59 Å². The van der Waals surface area contributed by atoms with Crippen LogP contribution in [0.1, 0.15) is 27.7 Å². The van der Waals surface area contributed by atoms with E-state index in [4.69, 9.17) is 4.74 Å². The molecule has 0 spiro atoms. The molecule has 0 aliphatic carbocycles. The van der Waals surface area contributed by atoms with Crippen LogP contribution in [0.5, 0.6) is 0 Å². The lowest BCUT2D eigenvalue weighted by Crippen LogP contribution is -2.42. The molecule has 106 valence electrons. The summed E-state index contributed by atoms with van der Waals surface area (Å²) in [5, 5.41) is 4.60. The first-order valence-electron chi connectivity index (χ1n) is 5.96. The van der Waals surface area contributed by atoms with E-state index in [-0.39, 0.29) is 5.91 Å². The average molecular weight is 301 g/mol. The second-order valence-corrected chi connectivity index (χ2v) is 7.27. The van der Waals surface area contributed by atoms with E-state index in [1.165, 1.54) is 11.8 Å². The summed E-state index contributed by atoms with van der Waals surface area (Å²) in [6.45, 7) is 7.02. The number of thiophene rings is 1. The zero-order valence-corrected chi connectivity index (χ0v) is 13.2. The fraction of sp³-hybridized carbons (Fsp3) is 0.538. The van der Waals surface area contributed by atoms with Gasteiger partial charge in [0.1, 0.15) is 11.6 Å². The van der Waals surface area contributed by atoms with E-state index in [1.807, 2.05) is 17.5 Å². The summed E-state index contributed by atoms with van der Waals surface area (Å²) in [6, 6.07) is 3.27.